The van der Waals surface area contributed by atoms with Crippen LogP contribution in [-0.2, 0) is 0 Å². The van der Waals surface area contributed by atoms with Gasteiger partial charge in [0.05, 0.1) is 17.5 Å². The van der Waals surface area contributed by atoms with Crippen LogP contribution in [0, 0.1) is 5.92 Å². The number of hydrogen-bond donors (Lipinski definition) is 3. The van der Waals surface area contributed by atoms with E-state index >= 15 is 0 Å². The molecule has 1 saturated carbocycles. The van der Waals surface area contributed by atoms with Crippen LogP contribution in [0.2, 0.25) is 0 Å². The second-order valence-corrected chi connectivity index (χ2v) is 5.26. The highest BCUT2D eigenvalue weighted by Crippen LogP contribution is 2.33. The summed E-state index contributed by atoms with van der Waals surface area (Å²) in [5.41, 5.74) is 5.65. The Balaban J connectivity index is 1.88. The summed E-state index contributed by atoms with van der Waals surface area (Å²) in [6.07, 6.45) is 8.14. The van der Waals surface area contributed by atoms with E-state index in [4.69, 9.17) is 5.73 Å². The maximum Gasteiger partial charge on any atom is 0.152 e. The van der Waals surface area contributed by atoms with Crippen molar-refractivity contribution in [1.29, 1.82) is 0 Å². The second-order valence-electron chi connectivity index (χ2n) is 5.26. The molecule has 1 aromatic heterocycles. The first-order chi connectivity index (χ1) is 8.63. The summed E-state index contributed by atoms with van der Waals surface area (Å²) in [5, 5.41) is 13.6. The molecule has 1 fully saturated rings. The number of hydrogen-bond acceptors (Lipinski definition) is 5. The molecular weight excluding hydrogens is 228 g/mol. The van der Waals surface area contributed by atoms with Crippen molar-refractivity contribution in [3.05, 3.63) is 12.5 Å². The van der Waals surface area contributed by atoms with E-state index in [1.54, 1.807) is 6.20 Å². The molecule has 100 valence electrons. The Kier molecular flexibility index (Phi) is 4.01. The third kappa shape index (κ3) is 3.10. The molecule has 1 aromatic rings. The lowest BCUT2D eigenvalue weighted by Gasteiger charge is -2.36. The van der Waals surface area contributed by atoms with Gasteiger partial charge in [-0.25, -0.2) is 9.97 Å². The summed E-state index contributed by atoms with van der Waals surface area (Å²) >= 11 is 0. The van der Waals surface area contributed by atoms with Gasteiger partial charge in [-0.1, -0.05) is 13.3 Å². The summed E-state index contributed by atoms with van der Waals surface area (Å²) in [6, 6.07) is 0. The van der Waals surface area contributed by atoms with Gasteiger partial charge in [0.15, 0.2) is 5.82 Å². The number of aliphatic hydroxyl groups is 1. The van der Waals surface area contributed by atoms with Crippen LogP contribution in [0.4, 0.5) is 11.5 Å². The molecular formula is C13H22N4O. The molecule has 0 saturated heterocycles. The Morgan fingerprint density at radius 2 is 2.22 bits per heavy atom. The number of nitrogen functional groups attached to an aromatic ring is 1. The zero-order valence-electron chi connectivity index (χ0n) is 10.9. The highest BCUT2D eigenvalue weighted by atomic mass is 16.3. The second kappa shape index (κ2) is 5.52. The van der Waals surface area contributed by atoms with E-state index < -0.39 is 5.60 Å². The summed E-state index contributed by atoms with van der Waals surface area (Å²) in [5.74, 6) is 1.38. The third-order valence-electron chi connectivity index (χ3n) is 3.94. The van der Waals surface area contributed by atoms with Gasteiger partial charge >= 0.3 is 0 Å². The number of nitrogens with zero attached hydrogens (tertiary/aromatic N) is 2. The molecule has 1 aliphatic rings. The number of rotatable bonds is 4. The van der Waals surface area contributed by atoms with Gasteiger partial charge in [-0.05, 0) is 31.6 Å². The molecule has 1 aliphatic carbocycles. The monoisotopic (exact) mass is 250 g/mol. The number of nitrogens with two attached hydrogens (primary N) is 1. The normalized spacial score (nSPS) is 28.0. The minimum absolute atomic E-state index is 0.505. The van der Waals surface area contributed by atoms with Crippen LogP contribution in [0.5, 0.6) is 0 Å². The van der Waals surface area contributed by atoms with Crippen LogP contribution >= 0.6 is 0 Å². The SMILES string of the molecule is CCC1CCC(O)(CNc2ncncc2N)CC1. The van der Waals surface area contributed by atoms with E-state index in [9.17, 15) is 5.11 Å². The predicted octanol–water partition coefficient (Wildman–Crippen LogP) is 1.80. The number of nitrogens with one attached hydrogen (secondary N) is 1. The highest BCUT2D eigenvalue weighted by molar-refractivity contribution is 5.59. The molecule has 0 atom stereocenters. The molecule has 0 amide bonds. The van der Waals surface area contributed by atoms with Gasteiger partial charge < -0.3 is 16.2 Å². The summed E-state index contributed by atoms with van der Waals surface area (Å²) < 4.78 is 0. The highest BCUT2D eigenvalue weighted by Gasteiger charge is 2.32. The van der Waals surface area contributed by atoms with Crippen molar-refractivity contribution in [2.45, 2.75) is 44.6 Å². The molecule has 4 N–H and O–H groups in total. The van der Waals surface area contributed by atoms with E-state index in [-0.39, 0.29) is 0 Å². The maximum atomic E-state index is 10.5. The summed E-state index contributed by atoms with van der Waals surface area (Å²) in [7, 11) is 0. The van der Waals surface area contributed by atoms with Crippen LogP contribution in [-0.4, -0.2) is 27.2 Å². The molecule has 0 bridgehead atoms. The van der Waals surface area contributed by atoms with Crippen molar-refractivity contribution in [2.24, 2.45) is 5.92 Å². The van der Waals surface area contributed by atoms with E-state index in [0.29, 0.717) is 18.1 Å². The predicted molar refractivity (Wildman–Crippen MR) is 72.1 cm³/mol. The van der Waals surface area contributed by atoms with Crippen LogP contribution in [0.3, 0.4) is 0 Å². The van der Waals surface area contributed by atoms with Crippen LogP contribution < -0.4 is 11.1 Å². The Bertz CT molecular complexity index is 388. The molecule has 0 spiro atoms. The Morgan fingerprint density at radius 1 is 1.50 bits per heavy atom. The molecule has 18 heavy (non-hydrogen) atoms. The molecule has 5 nitrogen and oxygen atoms in total. The van der Waals surface area contributed by atoms with Crippen molar-refractivity contribution in [3.63, 3.8) is 0 Å². The third-order valence-corrected chi connectivity index (χ3v) is 3.94. The number of anilines is 2. The van der Waals surface area contributed by atoms with Crippen molar-refractivity contribution < 1.29 is 5.11 Å². The Morgan fingerprint density at radius 3 is 2.83 bits per heavy atom. The first kappa shape index (κ1) is 13.1. The van der Waals surface area contributed by atoms with Crippen LogP contribution in [0.15, 0.2) is 12.5 Å². The molecule has 2 rings (SSSR count). The Hall–Kier alpha value is -1.36. The van der Waals surface area contributed by atoms with E-state index in [0.717, 1.165) is 31.6 Å². The van der Waals surface area contributed by atoms with Crippen molar-refractivity contribution >= 4 is 11.5 Å². The van der Waals surface area contributed by atoms with Crippen molar-refractivity contribution in [3.8, 4) is 0 Å². The molecule has 0 aliphatic heterocycles. The fourth-order valence-electron chi connectivity index (χ4n) is 2.54. The van der Waals surface area contributed by atoms with Gasteiger partial charge in [0, 0.05) is 6.54 Å². The maximum absolute atomic E-state index is 10.5. The van der Waals surface area contributed by atoms with Gasteiger partial charge in [-0.2, -0.15) is 0 Å². The Labute approximate surface area is 108 Å². The lowest BCUT2D eigenvalue weighted by Crippen LogP contribution is -2.40. The number of aromatic nitrogens is 2. The van der Waals surface area contributed by atoms with E-state index in [1.165, 1.54) is 12.7 Å². The first-order valence-electron chi connectivity index (χ1n) is 6.65. The van der Waals surface area contributed by atoms with Crippen molar-refractivity contribution in [2.75, 3.05) is 17.6 Å². The lowest BCUT2D eigenvalue weighted by atomic mass is 9.78. The average molecular weight is 250 g/mol. The molecule has 0 radical (unpaired) electrons. The molecule has 1 heterocycles. The first-order valence-corrected chi connectivity index (χ1v) is 6.65. The van der Waals surface area contributed by atoms with Gasteiger partial charge in [0.2, 0.25) is 0 Å². The van der Waals surface area contributed by atoms with Gasteiger partial charge in [-0.3, -0.25) is 0 Å². The fraction of sp³-hybridized carbons (Fsp3) is 0.692. The molecule has 0 unspecified atom stereocenters. The largest absolute Gasteiger partial charge is 0.394 e. The lowest BCUT2D eigenvalue weighted by molar-refractivity contribution is 0.00224. The van der Waals surface area contributed by atoms with Crippen molar-refractivity contribution in [1.82, 2.24) is 9.97 Å². The summed E-state index contributed by atoms with van der Waals surface area (Å²) in [4.78, 5) is 7.91. The van der Waals surface area contributed by atoms with Gasteiger partial charge in [-0.15, -0.1) is 0 Å². The zero-order chi connectivity index (χ0) is 13.0. The van der Waals surface area contributed by atoms with Gasteiger partial charge in [0.25, 0.3) is 0 Å². The average Bonchev–Trinajstić information content (AvgIpc) is 2.39. The molecule has 0 aromatic carbocycles. The summed E-state index contributed by atoms with van der Waals surface area (Å²) in [6.45, 7) is 2.72. The van der Waals surface area contributed by atoms with Crippen LogP contribution in [0.25, 0.3) is 0 Å². The quantitative estimate of drug-likeness (QED) is 0.759. The topological polar surface area (TPSA) is 84.1 Å². The van der Waals surface area contributed by atoms with Gasteiger partial charge in [0.1, 0.15) is 6.33 Å². The minimum Gasteiger partial charge on any atom is -0.394 e. The van der Waals surface area contributed by atoms with E-state index in [1.807, 2.05) is 0 Å². The fourth-order valence-corrected chi connectivity index (χ4v) is 2.54. The standard InChI is InChI=1S/C13H22N4O/c1-2-10-3-5-13(18,6-4-10)8-16-12-11(14)7-15-9-17-12/h7,9-10,18H,2-6,8,14H2,1H3,(H,15,16,17). The molecule has 5 heteroatoms. The minimum atomic E-state index is -0.622. The zero-order valence-corrected chi connectivity index (χ0v) is 10.9. The van der Waals surface area contributed by atoms with Crippen LogP contribution in [0.1, 0.15) is 39.0 Å². The van der Waals surface area contributed by atoms with E-state index in [2.05, 4.69) is 22.2 Å². The smallest absolute Gasteiger partial charge is 0.152 e.